The maximum atomic E-state index is 10.9. The average Bonchev–Trinajstić information content (AvgIpc) is 2.45. The molecule has 1 atom stereocenters. The van der Waals surface area contributed by atoms with Gasteiger partial charge in [0.1, 0.15) is 0 Å². The van der Waals surface area contributed by atoms with E-state index in [9.17, 15) is 8.42 Å². The van der Waals surface area contributed by atoms with E-state index in [4.69, 9.17) is 4.55 Å². The maximum absolute atomic E-state index is 10.9. The predicted octanol–water partition coefficient (Wildman–Crippen LogP) is 5.04. The first-order valence-electron chi connectivity index (χ1n) is 9.93. The van der Waals surface area contributed by atoms with Crippen LogP contribution < -0.4 is 0 Å². The molecule has 1 N–H and O–H groups in total. The van der Waals surface area contributed by atoms with E-state index in [2.05, 4.69) is 28.1 Å². The minimum atomic E-state index is -3.82. The van der Waals surface area contributed by atoms with Gasteiger partial charge in [0.2, 0.25) is 0 Å². The van der Waals surface area contributed by atoms with E-state index >= 15 is 0 Å². The number of hydrogen-bond acceptors (Lipinski definition) is 2. The van der Waals surface area contributed by atoms with Gasteiger partial charge < -0.3 is 4.48 Å². The van der Waals surface area contributed by atoms with Gasteiger partial charge in [0.25, 0.3) is 10.1 Å². The van der Waals surface area contributed by atoms with Crippen LogP contribution in [-0.2, 0) is 10.1 Å². The first-order chi connectivity index (χ1) is 11.2. The van der Waals surface area contributed by atoms with Crippen molar-refractivity contribution >= 4 is 10.1 Å². The molecule has 0 aliphatic carbocycles. The van der Waals surface area contributed by atoms with Crippen LogP contribution >= 0.6 is 0 Å². The Balaban J connectivity index is 3.76. The lowest BCUT2D eigenvalue weighted by molar-refractivity contribution is -0.896. The second-order valence-corrected chi connectivity index (χ2v) is 9.74. The highest BCUT2D eigenvalue weighted by atomic mass is 32.2. The van der Waals surface area contributed by atoms with Crippen molar-refractivity contribution in [2.45, 2.75) is 96.4 Å². The van der Waals surface area contributed by atoms with E-state index in [1.54, 1.807) is 0 Å². The zero-order valence-electron chi connectivity index (χ0n) is 16.6. The quantitative estimate of drug-likeness (QED) is 0.237. The fourth-order valence-corrected chi connectivity index (χ4v) is 3.82. The van der Waals surface area contributed by atoms with E-state index in [0.717, 1.165) is 17.3 Å². The summed E-state index contributed by atoms with van der Waals surface area (Å²) in [6.07, 6.45) is 16.0. The standard InChI is InChI=1S/C19H41NO3S/c1-5-6-7-8-9-10-11-12-13-14-16-19(20(2,3)4)17-15-18-24(21,22)23/h19H,5-18H2,1-4H3/p+1. The Bertz CT molecular complexity index is 388. The van der Waals surface area contributed by atoms with Crippen LogP contribution in [0.2, 0.25) is 0 Å². The molecule has 0 rings (SSSR count). The molecule has 0 aromatic heterocycles. The summed E-state index contributed by atoms with van der Waals surface area (Å²) in [5, 5.41) is 0. The van der Waals surface area contributed by atoms with Gasteiger partial charge in [0, 0.05) is 6.42 Å². The Morgan fingerprint density at radius 3 is 1.58 bits per heavy atom. The predicted molar refractivity (Wildman–Crippen MR) is 104 cm³/mol. The lowest BCUT2D eigenvalue weighted by Crippen LogP contribution is -2.45. The molecular formula is C19H42NO3S+. The van der Waals surface area contributed by atoms with Gasteiger partial charge in [-0.05, 0) is 19.3 Å². The summed E-state index contributed by atoms with van der Waals surface area (Å²) < 4.78 is 31.4. The van der Waals surface area contributed by atoms with Crippen LogP contribution in [0.1, 0.15) is 90.4 Å². The Labute approximate surface area is 151 Å². The van der Waals surface area contributed by atoms with Gasteiger partial charge in [0.15, 0.2) is 0 Å². The first kappa shape index (κ1) is 23.9. The summed E-state index contributed by atoms with van der Waals surface area (Å²) in [6.45, 7) is 2.26. The van der Waals surface area contributed by atoms with Gasteiger partial charge in [-0.25, -0.2) is 0 Å². The molecule has 0 saturated heterocycles. The molecule has 0 radical (unpaired) electrons. The largest absolute Gasteiger partial charge is 0.328 e. The highest BCUT2D eigenvalue weighted by Gasteiger charge is 2.23. The van der Waals surface area contributed by atoms with Crippen LogP contribution in [0, 0.1) is 0 Å². The Hall–Kier alpha value is -0.130. The molecule has 0 heterocycles. The second kappa shape index (κ2) is 13.1. The van der Waals surface area contributed by atoms with Crippen molar-refractivity contribution in [1.82, 2.24) is 0 Å². The normalized spacial score (nSPS) is 14.0. The minimum absolute atomic E-state index is 0.110. The molecule has 1 unspecified atom stereocenters. The molecule has 4 nitrogen and oxygen atoms in total. The molecule has 0 fully saturated rings. The van der Waals surface area contributed by atoms with Crippen LogP contribution in [0.5, 0.6) is 0 Å². The van der Waals surface area contributed by atoms with Crippen LogP contribution in [0.25, 0.3) is 0 Å². The third-order valence-corrected chi connectivity index (χ3v) is 5.73. The van der Waals surface area contributed by atoms with Gasteiger partial charge in [-0.3, -0.25) is 4.55 Å². The first-order valence-corrected chi connectivity index (χ1v) is 11.5. The number of rotatable bonds is 16. The molecule has 0 saturated carbocycles. The Kier molecular flexibility index (Phi) is 13.1. The van der Waals surface area contributed by atoms with E-state index < -0.39 is 10.1 Å². The van der Waals surface area contributed by atoms with Gasteiger partial charge >= 0.3 is 0 Å². The SMILES string of the molecule is CCCCCCCCCCCCC(CCCS(=O)(=O)O)[N+](C)(C)C. The number of hydrogen-bond donors (Lipinski definition) is 1. The van der Waals surface area contributed by atoms with Crippen molar-refractivity contribution in [1.29, 1.82) is 0 Å². The molecule has 0 amide bonds. The molecule has 0 aromatic rings. The summed E-state index contributed by atoms with van der Waals surface area (Å²) in [5.41, 5.74) is 0. The van der Waals surface area contributed by atoms with Crippen molar-refractivity contribution in [3.05, 3.63) is 0 Å². The topological polar surface area (TPSA) is 54.4 Å². The summed E-state index contributed by atoms with van der Waals surface area (Å²) in [7, 11) is 2.71. The van der Waals surface area contributed by atoms with Crippen molar-refractivity contribution in [3.8, 4) is 0 Å². The molecule has 0 spiro atoms. The fraction of sp³-hybridized carbons (Fsp3) is 1.00. The monoisotopic (exact) mass is 364 g/mol. The zero-order valence-corrected chi connectivity index (χ0v) is 17.4. The number of quaternary nitrogens is 1. The molecule has 0 aromatic carbocycles. The summed E-state index contributed by atoms with van der Waals surface area (Å²) in [6, 6.07) is 0.473. The lowest BCUT2D eigenvalue weighted by Gasteiger charge is -2.34. The van der Waals surface area contributed by atoms with Gasteiger partial charge in [-0.15, -0.1) is 0 Å². The summed E-state index contributed by atoms with van der Waals surface area (Å²) >= 11 is 0. The van der Waals surface area contributed by atoms with Crippen LogP contribution in [-0.4, -0.2) is 50.4 Å². The Morgan fingerprint density at radius 1 is 0.750 bits per heavy atom. The van der Waals surface area contributed by atoms with Crippen LogP contribution in [0.3, 0.4) is 0 Å². The number of nitrogens with zero attached hydrogens (tertiary/aromatic N) is 1. The van der Waals surface area contributed by atoms with Crippen molar-refractivity contribution in [2.24, 2.45) is 0 Å². The lowest BCUT2D eigenvalue weighted by atomic mass is 10.00. The molecule has 0 aliphatic heterocycles. The van der Waals surface area contributed by atoms with Gasteiger partial charge in [0.05, 0.1) is 32.9 Å². The Morgan fingerprint density at radius 2 is 1.17 bits per heavy atom. The molecular weight excluding hydrogens is 322 g/mol. The van der Waals surface area contributed by atoms with E-state index in [0.29, 0.717) is 12.5 Å². The smallest absolute Gasteiger partial charge is 0.264 e. The summed E-state index contributed by atoms with van der Waals surface area (Å²) in [5.74, 6) is -0.110. The third-order valence-electron chi connectivity index (χ3n) is 4.93. The molecule has 0 bridgehead atoms. The van der Waals surface area contributed by atoms with Crippen molar-refractivity contribution < 1.29 is 17.5 Å². The van der Waals surface area contributed by atoms with E-state index in [1.807, 2.05) is 0 Å². The third kappa shape index (κ3) is 15.4. The molecule has 5 heteroatoms. The zero-order chi connectivity index (χ0) is 18.5. The number of unbranched alkanes of at least 4 members (excludes halogenated alkanes) is 9. The maximum Gasteiger partial charge on any atom is 0.264 e. The van der Waals surface area contributed by atoms with E-state index in [-0.39, 0.29) is 5.75 Å². The minimum Gasteiger partial charge on any atom is -0.328 e. The molecule has 146 valence electrons. The van der Waals surface area contributed by atoms with Crippen LogP contribution in [0.4, 0.5) is 0 Å². The van der Waals surface area contributed by atoms with E-state index in [1.165, 1.54) is 64.2 Å². The fourth-order valence-electron chi connectivity index (χ4n) is 3.29. The average molecular weight is 365 g/mol. The van der Waals surface area contributed by atoms with Crippen LogP contribution in [0.15, 0.2) is 0 Å². The van der Waals surface area contributed by atoms with Crippen molar-refractivity contribution in [2.75, 3.05) is 26.9 Å². The van der Waals surface area contributed by atoms with Crippen molar-refractivity contribution in [3.63, 3.8) is 0 Å². The molecule has 24 heavy (non-hydrogen) atoms. The van der Waals surface area contributed by atoms with Gasteiger partial charge in [-0.2, -0.15) is 8.42 Å². The van der Waals surface area contributed by atoms with Gasteiger partial charge in [-0.1, -0.05) is 64.7 Å². The molecule has 0 aliphatic rings. The highest BCUT2D eigenvalue weighted by Crippen LogP contribution is 2.19. The highest BCUT2D eigenvalue weighted by molar-refractivity contribution is 7.85. The summed E-state index contributed by atoms with van der Waals surface area (Å²) in [4.78, 5) is 0. The second-order valence-electron chi connectivity index (χ2n) is 8.17.